The van der Waals surface area contributed by atoms with Gasteiger partial charge in [-0.25, -0.2) is 4.98 Å². The lowest BCUT2D eigenvalue weighted by Gasteiger charge is -2.27. The molecule has 1 amide bonds. The van der Waals surface area contributed by atoms with Crippen LogP contribution in [0.1, 0.15) is 41.0 Å². The van der Waals surface area contributed by atoms with E-state index in [0.29, 0.717) is 17.3 Å². The number of carbonyl (C=O) groups is 1. The van der Waals surface area contributed by atoms with Crippen molar-refractivity contribution in [3.05, 3.63) is 16.1 Å². The smallest absolute Gasteiger partial charge is 0.263 e. The first-order valence-electron chi connectivity index (χ1n) is 6.48. The molecule has 1 saturated carbocycles. The molecule has 2 N–H and O–H groups in total. The standard InChI is InChI=1S/C13H21N3O2S/c1-13(18,7-16(2)3)6-14-12(17)11-10(9-4-5-9)15-8-19-11/h8-9,18H,4-7H2,1-3H3,(H,14,17). The maximum atomic E-state index is 12.1. The maximum absolute atomic E-state index is 12.1. The quantitative estimate of drug-likeness (QED) is 0.819. The molecule has 0 radical (unpaired) electrons. The third kappa shape index (κ3) is 3.99. The average molecular weight is 283 g/mol. The highest BCUT2D eigenvalue weighted by Gasteiger charge is 2.31. The van der Waals surface area contributed by atoms with Crippen molar-refractivity contribution in [2.75, 3.05) is 27.2 Å². The van der Waals surface area contributed by atoms with Gasteiger partial charge in [-0.3, -0.25) is 4.79 Å². The molecule has 19 heavy (non-hydrogen) atoms. The molecule has 6 heteroatoms. The Morgan fingerprint density at radius 1 is 1.63 bits per heavy atom. The monoisotopic (exact) mass is 283 g/mol. The summed E-state index contributed by atoms with van der Waals surface area (Å²) in [5.74, 6) is 0.345. The molecule has 106 valence electrons. The van der Waals surface area contributed by atoms with E-state index in [1.54, 1.807) is 12.4 Å². The summed E-state index contributed by atoms with van der Waals surface area (Å²) in [5.41, 5.74) is 1.72. The maximum Gasteiger partial charge on any atom is 0.263 e. The van der Waals surface area contributed by atoms with Crippen LogP contribution in [0.2, 0.25) is 0 Å². The molecule has 0 spiro atoms. The van der Waals surface area contributed by atoms with E-state index in [9.17, 15) is 9.90 Å². The Labute approximate surface area is 117 Å². The van der Waals surface area contributed by atoms with Crippen molar-refractivity contribution >= 4 is 17.2 Å². The Balaban J connectivity index is 1.92. The van der Waals surface area contributed by atoms with Crippen LogP contribution in [0.25, 0.3) is 0 Å². The van der Waals surface area contributed by atoms with Crippen LogP contribution in [0, 0.1) is 0 Å². The fraction of sp³-hybridized carbons (Fsp3) is 0.692. The summed E-state index contributed by atoms with van der Waals surface area (Å²) >= 11 is 1.38. The number of nitrogens with zero attached hydrogens (tertiary/aromatic N) is 2. The summed E-state index contributed by atoms with van der Waals surface area (Å²) in [6, 6.07) is 0. The van der Waals surface area contributed by atoms with E-state index < -0.39 is 5.60 Å². The molecule has 0 bridgehead atoms. The van der Waals surface area contributed by atoms with Gasteiger partial charge in [0.15, 0.2) is 0 Å². The van der Waals surface area contributed by atoms with Crippen LogP contribution in [0.5, 0.6) is 0 Å². The summed E-state index contributed by atoms with van der Waals surface area (Å²) in [6.45, 7) is 2.47. The second kappa shape index (κ2) is 5.56. The largest absolute Gasteiger partial charge is 0.387 e. The van der Waals surface area contributed by atoms with Crippen LogP contribution in [-0.4, -0.2) is 53.7 Å². The van der Waals surface area contributed by atoms with Gasteiger partial charge in [0.25, 0.3) is 5.91 Å². The number of hydrogen-bond acceptors (Lipinski definition) is 5. The Morgan fingerprint density at radius 2 is 2.32 bits per heavy atom. The molecular weight excluding hydrogens is 262 g/mol. The van der Waals surface area contributed by atoms with Crippen LogP contribution in [0.4, 0.5) is 0 Å². The topological polar surface area (TPSA) is 65.5 Å². The SMILES string of the molecule is CN(C)CC(C)(O)CNC(=O)c1scnc1C1CC1. The van der Waals surface area contributed by atoms with E-state index in [1.165, 1.54) is 11.3 Å². The second-order valence-corrected chi connectivity index (χ2v) is 6.61. The van der Waals surface area contributed by atoms with Gasteiger partial charge in [0.2, 0.25) is 0 Å². The molecule has 1 aromatic rings. The molecule has 2 rings (SSSR count). The minimum Gasteiger partial charge on any atom is -0.387 e. The van der Waals surface area contributed by atoms with Gasteiger partial charge < -0.3 is 15.3 Å². The number of thiazole rings is 1. The molecule has 1 aliphatic rings. The molecule has 0 aromatic carbocycles. The van der Waals surface area contributed by atoms with E-state index in [-0.39, 0.29) is 12.5 Å². The molecule has 1 atom stereocenters. The van der Waals surface area contributed by atoms with E-state index in [1.807, 2.05) is 19.0 Å². The van der Waals surface area contributed by atoms with Gasteiger partial charge in [0.05, 0.1) is 16.8 Å². The lowest BCUT2D eigenvalue weighted by Crippen LogP contribution is -2.47. The summed E-state index contributed by atoms with van der Waals surface area (Å²) in [4.78, 5) is 19.0. The van der Waals surface area contributed by atoms with Crippen LogP contribution >= 0.6 is 11.3 Å². The van der Waals surface area contributed by atoms with Crippen molar-refractivity contribution < 1.29 is 9.90 Å². The van der Waals surface area contributed by atoms with Gasteiger partial charge in [0, 0.05) is 19.0 Å². The number of aliphatic hydroxyl groups is 1. The van der Waals surface area contributed by atoms with Gasteiger partial charge in [0.1, 0.15) is 4.88 Å². The third-order valence-electron chi connectivity index (χ3n) is 3.05. The minimum absolute atomic E-state index is 0.122. The number of amides is 1. The van der Waals surface area contributed by atoms with E-state index in [4.69, 9.17) is 0 Å². The molecule has 1 aliphatic carbocycles. The number of aromatic nitrogens is 1. The van der Waals surface area contributed by atoms with Crippen molar-refractivity contribution in [3.63, 3.8) is 0 Å². The second-order valence-electron chi connectivity index (χ2n) is 5.76. The molecule has 1 unspecified atom stereocenters. The van der Waals surface area contributed by atoms with Gasteiger partial charge in [-0.1, -0.05) is 0 Å². The molecule has 0 saturated heterocycles. The molecule has 1 heterocycles. The van der Waals surface area contributed by atoms with E-state index >= 15 is 0 Å². The Bertz CT molecular complexity index is 452. The molecule has 0 aliphatic heterocycles. The first kappa shape index (κ1) is 14.4. The fourth-order valence-corrected chi connectivity index (χ4v) is 2.95. The number of hydrogen-bond donors (Lipinski definition) is 2. The van der Waals surface area contributed by atoms with Crippen molar-refractivity contribution in [1.82, 2.24) is 15.2 Å². The van der Waals surface area contributed by atoms with E-state index in [0.717, 1.165) is 18.5 Å². The summed E-state index contributed by atoms with van der Waals surface area (Å²) in [5, 5.41) is 13.0. The molecular formula is C13H21N3O2S. The third-order valence-corrected chi connectivity index (χ3v) is 3.89. The molecule has 5 nitrogen and oxygen atoms in total. The predicted octanol–water partition coefficient (Wildman–Crippen LogP) is 1.06. The van der Waals surface area contributed by atoms with Gasteiger partial charge in [-0.15, -0.1) is 11.3 Å². The molecule has 1 aromatic heterocycles. The number of rotatable bonds is 6. The lowest BCUT2D eigenvalue weighted by molar-refractivity contribution is 0.0326. The fourth-order valence-electron chi connectivity index (χ4n) is 2.16. The zero-order valence-electron chi connectivity index (χ0n) is 11.6. The first-order chi connectivity index (χ1) is 8.89. The summed E-state index contributed by atoms with van der Waals surface area (Å²) < 4.78 is 0. The predicted molar refractivity (Wildman–Crippen MR) is 75.6 cm³/mol. The first-order valence-corrected chi connectivity index (χ1v) is 7.36. The zero-order chi connectivity index (χ0) is 14.0. The van der Waals surface area contributed by atoms with Crippen molar-refractivity contribution in [3.8, 4) is 0 Å². The number of nitrogens with one attached hydrogen (secondary N) is 1. The van der Waals surface area contributed by atoms with Crippen molar-refractivity contribution in [2.45, 2.75) is 31.3 Å². The summed E-state index contributed by atoms with van der Waals surface area (Å²) in [7, 11) is 3.79. The van der Waals surface area contributed by atoms with E-state index in [2.05, 4.69) is 10.3 Å². The van der Waals surface area contributed by atoms with Gasteiger partial charge in [-0.2, -0.15) is 0 Å². The number of likely N-dealkylation sites (N-methyl/N-ethyl adjacent to an activating group) is 1. The van der Waals surface area contributed by atoms with Crippen molar-refractivity contribution in [2.24, 2.45) is 0 Å². The average Bonchev–Trinajstić information content (AvgIpc) is 3.02. The zero-order valence-corrected chi connectivity index (χ0v) is 12.5. The highest BCUT2D eigenvalue weighted by atomic mass is 32.1. The Morgan fingerprint density at radius 3 is 2.89 bits per heavy atom. The van der Waals surface area contributed by atoms with Gasteiger partial charge in [-0.05, 0) is 33.9 Å². The highest BCUT2D eigenvalue weighted by molar-refractivity contribution is 7.11. The molecule has 1 fully saturated rings. The van der Waals surface area contributed by atoms with Crippen LogP contribution in [0.3, 0.4) is 0 Å². The van der Waals surface area contributed by atoms with Crippen LogP contribution < -0.4 is 5.32 Å². The van der Waals surface area contributed by atoms with Crippen LogP contribution in [-0.2, 0) is 0 Å². The van der Waals surface area contributed by atoms with Crippen LogP contribution in [0.15, 0.2) is 5.51 Å². The van der Waals surface area contributed by atoms with Crippen molar-refractivity contribution in [1.29, 1.82) is 0 Å². The Hall–Kier alpha value is -0.980. The number of carbonyl (C=O) groups excluding carboxylic acids is 1. The summed E-state index contributed by atoms with van der Waals surface area (Å²) in [6.07, 6.45) is 2.25. The van der Waals surface area contributed by atoms with Gasteiger partial charge >= 0.3 is 0 Å². The minimum atomic E-state index is -0.927. The Kier molecular flexibility index (Phi) is 4.23. The highest BCUT2D eigenvalue weighted by Crippen LogP contribution is 2.41. The normalized spacial score (nSPS) is 18.4. The lowest BCUT2D eigenvalue weighted by atomic mass is 10.1.